The van der Waals surface area contributed by atoms with Gasteiger partial charge in [-0.3, -0.25) is 0 Å². The van der Waals surface area contributed by atoms with E-state index in [0.29, 0.717) is 5.92 Å². The summed E-state index contributed by atoms with van der Waals surface area (Å²) in [6.07, 6.45) is 16.5. The molecule has 0 nitrogen and oxygen atoms in total. The Morgan fingerprint density at radius 2 is 1.03 bits per heavy atom. The molecule has 0 radical (unpaired) electrons. The first-order chi connectivity index (χ1) is 18.2. The molecule has 184 valence electrons. The van der Waals surface area contributed by atoms with Crippen LogP contribution in [0.25, 0.3) is 23.3 Å². The molecule has 0 unspecified atom stereocenters. The first-order valence-corrected chi connectivity index (χ1v) is 15.3. The Bertz CT molecular complexity index is 1430. The molecule has 0 heterocycles. The molecule has 0 bridgehead atoms. The molecular formula is C36H31SiZr-. The van der Waals surface area contributed by atoms with Gasteiger partial charge in [0.15, 0.2) is 0 Å². The Labute approximate surface area is 248 Å². The fourth-order valence-corrected chi connectivity index (χ4v) is 5.64. The number of allylic oxidation sites excluding steroid dienone is 6. The van der Waals surface area contributed by atoms with Crippen LogP contribution >= 0.6 is 0 Å². The van der Waals surface area contributed by atoms with E-state index >= 15 is 0 Å². The molecule has 0 saturated carbocycles. The van der Waals surface area contributed by atoms with Crippen LogP contribution in [0.3, 0.4) is 0 Å². The molecule has 0 spiro atoms. The van der Waals surface area contributed by atoms with Crippen molar-refractivity contribution in [2.45, 2.75) is 19.0 Å². The molecule has 0 saturated heterocycles. The van der Waals surface area contributed by atoms with Crippen LogP contribution in [0.15, 0.2) is 139 Å². The van der Waals surface area contributed by atoms with Gasteiger partial charge in [-0.05, 0) is 41.8 Å². The zero-order valence-electron chi connectivity index (χ0n) is 21.9. The third-order valence-electron chi connectivity index (χ3n) is 6.68. The first-order valence-electron chi connectivity index (χ1n) is 12.8. The molecule has 0 N–H and O–H groups in total. The third-order valence-corrected chi connectivity index (χ3v) is 8.05. The van der Waals surface area contributed by atoms with Crippen LogP contribution < -0.4 is 0 Å². The van der Waals surface area contributed by atoms with E-state index in [1.807, 2.05) is 36.4 Å². The van der Waals surface area contributed by atoms with Gasteiger partial charge in [0.25, 0.3) is 0 Å². The summed E-state index contributed by atoms with van der Waals surface area (Å²) in [4.78, 5) is 0. The van der Waals surface area contributed by atoms with Gasteiger partial charge in [0.1, 0.15) is 0 Å². The fourth-order valence-electron chi connectivity index (χ4n) is 4.82. The van der Waals surface area contributed by atoms with Gasteiger partial charge in [0.05, 0.1) is 0 Å². The molecule has 0 fully saturated rings. The van der Waals surface area contributed by atoms with Crippen molar-refractivity contribution < 1.29 is 26.2 Å². The third kappa shape index (κ3) is 6.62. The zero-order valence-corrected chi connectivity index (χ0v) is 25.4. The summed E-state index contributed by atoms with van der Waals surface area (Å²) >= 11 is 0. The average Bonchev–Trinajstić information content (AvgIpc) is 3.56. The van der Waals surface area contributed by atoms with E-state index in [1.165, 1.54) is 44.1 Å². The Morgan fingerprint density at radius 3 is 1.47 bits per heavy atom. The minimum atomic E-state index is -0.429. The van der Waals surface area contributed by atoms with E-state index in [9.17, 15) is 0 Å². The van der Waals surface area contributed by atoms with Crippen molar-refractivity contribution in [3.63, 3.8) is 0 Å². The Hall–Kier alpha value is -3.19. The average molecular weight is 583 g/mol. The normalized spacial score (nSPS) is 13.5. The number of hydrogen-bond donors (Lipinski definition) is 0. The minimum Gasteiger partial charge on any atom is -0.211 e. The molecule has 4 aromatic rings. The van der Waals surface area contributed by atoms with Gasteiger partial charge < -0.3 is 0 Å². The maximum Gasteiger partial charge on any atom is 0.0118 e. The van der Waals surface area contributed by atoms with Gasteiger partial charge in [0, 0.05) is 32.1 Å². The van der Waals surface area contributed by atoms with E-state index in [2.05, 4.69) is 128 Å². The van der Waals surface area contributed by atoms with E-state index in [0.717, 1.165) is 0 Å². The zero-order chi connectivity index (χ0) is 25.5. The first kappa shape index (κ1) is 27.8. The summed E-state index contributed by atoms with van der Waals surface area (Å²) in [6, 6.07) is 38.2. The number of benzene rings is 4. The topological polar surface area (TPSA) is 0 Å². The molecule has 0 aliphatic heterocycles. The monoisotopic (exact) mass is 581 g/mol. The fraction of sp³-hybridized carbons (Fsp3) is 0.0833. The Morgan fingerprint density at radius 1 is 0.579 bits per heavy atom. The van der Waals surface area contributed by atoms with Crippen molar-refractivity contribution in [1.82, 2.24) is 0 Å². The standard InChI is InChI=1S/C20H17Si.C16H14.Zr/c1-21(2)15-12-11-14(13-15)20-18-9-5-3-7-16(18)17-8-4-6-10-19(17)20;1-3-9-15(10-4-1)13-7-8-14-16-11-5-2-6-12-16;/h3-12,20H,1-2H3;1-14H;/q-1;;. The van der Waals surface area contributed by atoms with E-state index in [4.69, 9.17) is 0 Å². The SMILES string of the molecule is C(C=Cc1ccccc1)=Cc1ccccc1.C[Si](C)=C1[C-]=C(C2c3ccccc3-c3ccccc32)C=C1.[Zr]. The van der Waals surface area contributed by atoms with Gasteiger partial charge in [-0.25, -0.2) is 12.2 Å². The van der Waals surface area contributed by atoms with Crippen molar-refractivity contribution in [3.8, 4) is 11.1 Å². The second kappa shape index (κ2) is 13.6. The number of hydrogen-bond acceptors (Lipinski definition) is 0. The molecule has 2 aliphatic carbocycles. The molecule has 0 aromatic heterocycles. The second-order valence-corrected chi connectivity index (χ2v) is 12.0. The maximum absolute atomic E-state index is 3.68. The molecule has 0 amide bonds. The van der Waals surface area contributed by atoms with Crippen LogP contribution in [0.4, 0.5) is 0 Å². The van der Waals surface area contributed by atoms with Crippen LogP contribution in [0.2, 0.25) is 13.1 Å². The molecule has 38 heavy (non-hydrogen) atoms. The summed E-state index contributed by atoms with van der Waals surface area (Å²) in [7, 11) is -0.429. The van der Waals surface area contributed by atoms with Gasteiger partial charge in [-0.2, -0.15) is 16.8 Å². The number of fused-ring (bicyclic) bond motifs is 3. The van der Waals surface area contributed by atoms with E-state index in [-0.39, 0.29) is 26.2 Å². The van der Waals surface area contributed by atoms with Crippen LogP contribution in [-0.4, -0.2) is 13.6 Å². The quantitative estimate of drug-likeness (QED) is 0.128. The maximum atomic E-state index is 3.68. The predicted octanol–water partition coefficient (Wildman–Crippen LogP) is 9.02. The van der Waals surface area contributed by atoms with Gasteiger partial charge in [0.2, 0.25) is 0 Å². The van der Waals surface area contributed by atoms with Gasteiger partial charge in [-0.1, -0.05) is 147 Å². The van der Waals surface area contributed by atoms with E-state index in [1.54, 1.807) is 0 Å². The van der Waals surface area contributed by atoms with Gasteiger partial charge in [-0.15, -0.1) is 0 Å². The predicted molar refractivity (Wildman–Crippen MR) is 163 cm³/mol. The van der Waals surface area contributed by atoms with Crippen molar-refractivity contribution in [2.75, 3.05) is 0 Å². The smallest absolute Gasteiger partial charge is 0.0118 e. The van der Waals surface area contributed by atoms with Crippen molar-refractivity contribution in [1.29, 1.82) is 0 Å². The van der Waals surface area contributed by atoms with Gasteiger partial charge >= 0.3 is 0 Å². The summed E-state index contributed by atoms with van der Waals surface area (Å²) < 4.78 is 0. The summed E-state index contributed by atoms with van der Waals surface area (Å²) in [6.45, 7) is 4.66. The second-order valence-electron chi connectivity index (χ2n) is 9.47. The summed E-state index contributed by atoms with van der Waals surface area (Å²) in [5, 5.41) is 1.41. The Balaban J connectivity index is 0.000000179. The van der Waals surface area contributed by atoms with Crippen molar-refractivity contribution in [2.24, 2.45) is 0 Å². The van der Waals surface area contributed by atoms with Crippen molar-refractivity contribution in [3.05, 3.63) is 167 Å². The summed E-state index contributed by atoms with van der Waals surface area (Å²) in [5.74, 6) is 0.354. The largest absolute Gasteiger partial charge is 0.211 e. The molecule has 0 atom stereocenters. The van der Waals surface area contributed by atoms with Crippen LogP contribution in [0, 0.1) is 6.08 Å². The molecule has 4 aromatic carbocycles. The van der Waals surface area contributed by atoms with Crippen LogP contribution in [0.5, 0.6) is 0 Å². The minimum absolute atomic E-state index is 0. The molecule has 6 rings (SSSR count). The van der Waals surface area contributed by atoms with E-state index < -0.39 is 8.41 Å². The molecule has 2 aliphatic rings. The van der Waals surface area contributed by atoms with Crippen LogP contribution in [0.1, 0.15) is 28.2 Å². The van der Waals surface area contributed by atoms with Crippen LogP contribution in [-0.2, 0) is 26.2 Å². The Kier molecular flexibility index (Phi) is 9.93. The van der Waals surface area contributed by atoms with Crippen molar-refractivity contribution >= 4 is 25.7 Å². The summed E-state index contributed by atoms with van der Waals surface area (Å²) in [5.41, 5.74) is 9.38. The number of rotatable bonds is 4. The molecule has 2 heteroatoms. The molecular weight excluding hydrogens is 552 g/mol.